The minimum absolute atomic E-state index is 0.176. The van der Waals surface area contributed by atoms with E-state index in [0.717, 1.165) is 38.8 Å². The second-order valence-electron chi connectivity index (χ2n) is 4.93. The Kier molecular flexibility index (Phi) is 4.09. The molecule has 3 nitrogen and oxygen atoms in total. The summed E-state index contributed by atoms with van der Waals surface area (Å²) in [5.41, 5.74) is 0. The lowest BCUT2D eigenvalue weighted by Gasteiger charge is -2.20. The number of carbonyl (C=O) groups is 1. The van der Waals surface area contributed by atoms with E-state index in [1.807, 2.05) is 11.8 Å². The van der Waals surface area contributed by atoms with Gasteiger partial charge in [-0.25, -0.2) is 0 Å². The fraction of sp³-hybridized carbons (Fsp3) is 0.917. The summed E-state index contributed by atoms with van der Waals surface area (Å²) in [5.74, 6) is 1.49. The van der Waals surface area contributed by atoms with Crippen molar-refractivity contribution in [3.8, 4) is 0 Å². The summed E-state index contributed by atoms with van der Waals surface area (Å²) >= 11 is 5.73. The zero-order chi connectivity index (χ0) is 11.5. The van der Waals surface area contributed by atoms with Gasteiger partial charge in [0.05, 0.1) is 6.10 Å². The van der Waals surface area contributed by atoms with Gasteiger partial charge in [-0.15, -0.1) is 11.6 Å². The largest absolute Gasteiger partial charge is 0.365 e. The maximum Gasteiger partial charge on any atom is 0.251 e. The van der Waals surface area contributed by atoms with Gasteiger partial charge in [0, 0.05) is 19.0 Å². The van der Waals surface area contributed by atoms with E-state index < -0.39 is 0 Å². The van der Waals surface area contributed by atoms with Crippen LogP contribution in [0.3, 0.4) is 0 Å². The molecule has 3 unspecified atom stereocenters. The highest BCUT2D eigenvalue weighted by Crippen LogP contribution is 2.25. The number of carbonyl (C=O) groups excluding carboxylic acids is 1. The summed E-state index contributed by atoms with van der Waals surface area (Å²) < 4.78 is 5.61. The highest BCUT2D eigenvalue weighted by molar-refractivity contribution is 6.17. The first kappa shape index (κ1) is 12.2. The number of hydrogen-bond donors (Lipinski definition) is 0. The van der Waals surface area contributed by atoms with Crippen LogP contribution in [-0.4, -0.2) is 42.0 Å². The average Bonchev–Trinajstić information content (AvgIpc) is 2.87. The maximum absolute atomic E-state index is 12.1. The minimum atomic E-state index is -0.176. The Bertz CT molecular complexity index is 259. The molecule has 2 rings (SSSR count). The third-order valence-electron chi connectivity index (χ3n) is 3.62. The molecule has 2 fully saturated rings. The van der Waals surface area contributed by atoms with E-state index >= 15 is 0 Å². The molecule has 2 aliphatic heterocycles. The van der Waals surface area contributed by atoms with Crippen molar-refractivity contribution in [1.29, 1.82) is 0 Å². The van der Waals surface area contributed by atoms with E-state index in [0.29, 0.717) is 11.8 Å². The Hall–Kier alpha value is -0.280. The number of ether oxygens (including phenoxy) is 1. The van der Waals surface area contributed by atoms with Crippen molar-refractivity contribution < 1.29 is 9.53 Å². The monoisotopic (exact) mass is 245 g/mol. The van der Waals surface area contributed by atoms with E-state index in [1.165, 1.54) is 0 Å². The molecule has 3 atom stereocenters. The van der Waals surface area contributed by atoms with Crippen LogP contribution in [0, 0.1) is 5.92 Å². The Balaban J connectivity index is 1.82. The third-order valence-corrected chi connectivity index (χ3v) is 3.84. The van der Waals surface area contributed by atoms with E-state index in [2.05, 4.69) is 0 Å². The van der Waals surface area contributed by atoms with Gasteiger partial charge in [0.1, 0.15) is 6.10 Å². The predicted molar refractivity (Wildman–Crippen MR) is 63.6 cm³/mol. The number of likely N-dealkylation sites (tertiary alicyclic amines) is 1. The molecule has 0 spiro atoms. The molecule has 0 aliphatic carbocycles. The molecular weight excluding hydrogens is 226 g/mol. The number of rotatable bonds is 3. The first-order valence-corrected chi connectivity index (χ1v) is 6.74. The standard InChI is InChI=1S/C12H20ClNO2/c1-9-2-3-11(16-9)12(15)14-7-5-10(8-14)4-6-13/h9-11H,2-8H2,1H3. The van der Waals surface area contributed by atoms with Gasteiger partial charge in [-0.2, -0.15) is 0 Å². The molecule has 0 bridgehead atoms. The van der Waals surface area contributed by atoms with Crippen molar-refractivity contribution >= 4 is 17.5 Å². The van der Waals surface area contributed by atoms with Gasteiger partial charge in [-0.05, 0) is 38.5 Å². The van der Waals surface area contributed by atoms with Crippen LogP contribution >= 0.6 is 11.6 Å². The van der Waals surface area contributed by atoms with Crippen LogP contribution in [0.2, 0.25) is 0 Å². The van der Waals surface area contributed by atoms with Crippen LogP contribution in [0.15, 0.2) is 0 Å². The average molecular weight is 246 g/mol. The molecule has 92 valence electrons. The van der Waals surface area contributed by atoms with Gasteiger partial charge in [0.25, 0.3) is 5.91 Å². The summed E-state index contributed by atoms with van der Waals surface area (Å²) in [6, 6.07) is 0. The molecule has 2 heterocycles. The maximum atomic E-state index is 12.1. The van der Waals surface area contributed by atoms with Crippen LogP contribution < -0.4 is 0 Å². The molecule has 0 radical (unpaired) electrons. The van der Waals surface area contributed by atoms with E-state index in [-0.39, 0.29) is 18.1 Å². The van der Waals surface area contributed by atoms with Crippen molar-refractivity contribution in [3.05, 3.63) is 0 Å². The number of halogens is 1. The summed E-state index contributed by atoms with van der Waals surface area (Å²) in [6.07, 6.45) is 4.08. The molecule has 0 aromatic carbocycles. The lowest BCUT2D eigenvalue weighted by molar-refractivity contribution is -0.141. The molecule has 0 N–H and O–H groups in total. The van der Waals surface area contributed by atoms with Gasteiger partial charge in [-0.3, -0.25) is 4.79 Å². The molecule has 2 saturated heterocycles. The minimum Gasteiger partial charge on any atom is -0.365 e. The van der Waals surface area contributed by atoms with Crippen molar-refractivity contribution in [1.82, 2.24) is 4.90 Å². The van der Waals surface area contributed by atoms with Gasteiger partial charge >= 0.3 is 0 Å². The Labute approximate surface area is 102 Å². The molecule has 2 aliphatic rings. The van der Waals surface area contributed by atoms with E-state index in [1.54, 1.807) is 0 Å². The van der Waals surface area contributed by atoms with Crippen LogP contribution in [0.1, 0.15) is 32.6 Å². The third kappa shape index (κ3) is 2.69. The molecule has 4 heteroatoms. The highest BCUT2D eigenvalue weighted by atomic mass is 35.5. The second-order valence-corrected chi connectivity index (χ2v) is 5.31. The molecular formula is C12H20ClNO2. The fourth-order valence-electron chi connectivity index (χ4n) is 2.61. The van der Waals surface area contributed by atoms with Crippen molar-refractivity contribution in [2.75, 3.05) is 19.0 Å². The highest BCUT2D eigenvalue weighted by Gasteiger charge is 2.34. The van der Waals surface area contributed by atoms with Gasteiger partial charge in [0.15, 0.2) is 0 Å². The second kappa shape index (κ2) is 5.37. The lowest BCUT2D eigenvalue weighted by Crippen LogP contribution is -2.37. The summed E-state index contributed by atoms with van der Waals surface area (Å²) in [4.78, 5) is 14.1. The number of amides is 1. The van der Waals surface area contributed by atoms with Crippen LogP contribution in [0.25, 0.3) is 0 Å². The van der Waals surface area contributed by atoms with Gasteiger partial charge in [0.2, 0.25) is 0 Å². The Morgan fingerprint density at radius 3 is 2.88 bits per heavy atom. The van der Waals surface area contributed by atoms with Crippen LogP contribution in [0.5, 0.6) is 0 Å². The number of alkyl halides is 1. The molecule has 0 aromatic heterocycles. The number of hydrogen-bond acceptors (Lipinski definition) is 2. The van der Waals surface area contributed by atoms with Crippen LogP contribution in [-0.2, 0) is 9.53 Å². The molecule has 0 aromatic rings. The normalized spacial score (nSPS) is 34.6. The van der Waals surface area contributed by atoms with Crippen molar-refractivity contribution in [3.63, 3.8) is 0 Å². The number of nitrogens with zero attached hydrogens (tertiary/aromatic N) is 1. The Morgan fingerprint density at radius 1 is 1.44 bits per heavy atom. The SMILES string of the molecule is CC1CCC(C(=O)N2CCC(CCCl)C2)O1. The quantitative estimate of drug-likeness (QED) is 0.712. The van der Waals surface area contributed by atoms with Gasteiger partial charge < -0.3 is 9.64 Å². The summed E-state index contributed by atoms with van der Waals surface area (Å²) in [7, 11) is 0. The zero-order valence-corrected chi connectivity index (χ0v) is 10.6. The predicted octanol–water partition coefficient (Wildman–Crippen LogP) is 2.03. The van der Waals surface area contributed by atoms with E-state index in [9.17, 15) is 4.79 Å². The lowest BCUT2D eigenvalue weighted by atomic mass is 10.1. The molecule has 1 amide bonds. The first-order valence-electron chi connectivity index (χ1n) is 6.21. The molecule has 0 saturated carbocycles. The summed E-state index contributed by atoms with van der Waals surface area (Å²) in [5, 5.41) is 0. The van der Waals surface area contributed by atoms with Crippen molar-refractivity contribution in [2.45, 2.75) is 44.8 Å². The van der Waals surface area contributed by atoms with Gasteiger partial charge in [-0.1, -0.05) is 0 Å². The fourth-order valence-corrected chi connectivity index (χ4v) is 2.92. The summed E-state index contributed by atoms with van der Waals surface area (Å²) in [6.45, 7) is 3.79. The smallest absolute Gasteiger partial charge is 0.251 e. The first-order chi connectivity index (χ1) is 7.70. The Morgan fingerprint density at radius 2 is 2.25 bits per heavy atom. The topological polar surface area (TPSA) is 29.5 Å². The molecule has 16 heavy (non-hydrogen) atoms. The zero-order valence-electron chi connectivity index (χ0n) is 9.82. The van der Waals surface area contributed by atoms with E-state index in [4.69, 9.17) is 16.3 Å². The van der Waals surface area contributed by atoms with Crippen LogP contribution in [0.4, 0.5) is 0 Å². The van der Waals surface area contributed by atoms with Crippen molar-refractivity contribution in [2.24, 2.45) is 5.92 Å².